The van der Waals surface area contributed by atoms with E-state index in [1.54, 1.807) is 20.0 Å². The Morgan fingerprint density at radius 1 is 1.31 bits per heavy atom. The number of carbonyl (C=O) groups is 1. The number of hydrogen-bond donors (Lipinski definition) is 1. The second-order valence-corrected chi connectivity index (χ2v) is 3.84. The highest BCUT2D eigenvalue weighted by atomic mass is 32.1. The molecule has 0 saturated carbocycles. The van der Waals surface area contributed by atoms with Gasteiger partial charge in [0.05, 0.1) is 5.69 Å². The highest BCUT2D eigenvalue weighted by Crippen LogP contribution is 2.10. The highest BCUT2D eigenvalue weighted by molar-refractivity contribution is 7.07. The number of rotatable bonds is 2. The van der Waals surface area contributed by atoms with Gasteiger partial charge in [-0.3, -0.25) is 9.78 Å². The lowest BCUT2D eigenvalue weighted by Crippen LogP contribution is -2.14. The van der Waals surface area contributed by atoms with Crippen molar-refractivity contribution in [2.45, 2.75) is 13.8 Å². The predicted molar refractivity (Wildman–Crippen MR) is 59.4 cm³/mol. The third kappa shape index (κ3) is 2.19. The Morgan fingerprint density at radius 3 is 2.69 bits per heavy atom. The molecular weight excluding hydrogens is 226 g/mol. The van der Waals surface area contributed by atoms with Gasteiger partial charge in [0.2, 0.25) is 5.01 Å². The Balaban J connectivity index is 2.17. The van der Waals surface area contributed by atoms with Gasteiger partial charge < -0.3 is 5.32 Å². The van der Waals surface area contributed by atoms with Crippen LogP contribution in [0.5, 0.6) is 0 Å². The molecule has 0 radical (unpaired) electrons. The van der Waals surface area contributed by atoms with Crippen LogP contribution in [0.4, 0.5) is 5.82 Å². The summed E-state index contributed by atoms with van der Waals surface area (Å²) in [6.45, 7) is 3.51. The van der Waals surface area contributed by atoms with E-state index in [0.29, 0.717) is 22.3 Å². The first-order valence-electron chi connectivity index (χ1n) is 4.56. The normalized spacial score (nSPS) is 10.1. The molecular formula is C9H9N5OS. The van der Waals surface area contributed by atoms with Gasteiger partial charge in [0.25, 0.3) is 5.91 Å². The second-order valence-electron chi connectivity index (χ2n) is 3.09. The first-order valence-corrected chi connectivity index (χ1v) is 5.33. The average Bonchev–Trinajstić information content (AvgIpc) is 2.68. The molecule has 0 unspecified atom stereocenters. The van der Waals surface area contributed by atoms with Gasteiger partial charge in [-0.2, -0.15) is 4.37 Å². The third-order valence-corrected chi connectivity index (χ3v) is 2.64. The molecule has 0 spiro atoms. The lowest BCUT2D eigenvalue weighted by Gasteiger charge is -2.03. The van der Waals surface area contributed by atoms with Crippen LogP contribution in [-0.4, -0.2) is 25.2 Å². The van der Waals surface area contributed by atoms with Crippen LogP contribution < -0.4 is 5.32 Å². The third-order valence-electron chi connectivity index (χ3n) is 1.83. The van der Waals surface area contributed by atoms with Crippen molar-refractivity contribution in [3.8, 4) is 0 Å². The van der Waals surface area contributed by atoms with E-state index < -0.39 is 0 Å². The summed E-state index contributed by atoms with van der Waals surface area (Å²) in [5.41, 5.74) is 0.664. The van der Waals surface area contributed by atoms with Crippen molar-refractivity contribution < 1.29 is 4.79 Å². The first-order chi connectivity index (χ1) is 7.66. The quantitative estimate of drug-likeness (QED) is 0.845. The number of nitrogens with zero attached hydrogens (tertiary/aromatic N) is 4. The van der Waals surface area contributed by atoms with Crippen LogP contribution in [0.2, 0.25) is 0 Å². The van der Waals surface area contributed by atoms with Gasteiger partial charge in [0.15, 0.2) is 5.82 Å². The first kappa shape index (κ1) is 10.6. The van der Waals surface area contributed by atoms with Gasteiger partial charge in [-0.15, -0.1) is 0 Å². The van der Waals surface area contributed by atoms with Gasteiger partial charge in [-0.1, -0.05) is 0 Å². The van der Waals surface area contributed by atoms with E-state index >= 15 is 0 Å². The van der Waals surface area contributed by atoms with E-state index in [1.165, 1.54) is 6.20 Å². The van der Waals surface area contributed by atoms with E-state index in [4.69, 9.17) is 0 Å². The minimum absolute atomic E-state index is 0.311. The molecule has 2 rings (SSSR count). The summed E-state index contributed by atoms with van der Waals surface area (Å²) in [5.74, 6) is 0.723. The van der Waals surface area contributed by atoms with Gasteiger partial charge in [-0.05, 0) is 25.4 Å². The lowest BCUT2D eigenvalue weighted by atomic mass is 10.4. The number of anilines is 1. The van der Waals surface area contributed by atoms with Crippen LogP contribution in [0.1, 0.15) is 21.3 Å². The SMILES string of the molecule is Cc1nsc(C(=O)Nc2nccnc2C)n1. The van der Waals surface area contributed by atoms with Gasteiger partial charge in [0.1, 0.15) is 5.82 Å². The molecule has 0 atom stereocenters. The molecule has 0 aliphatic heterocycles. The standard InChI is InChI=1S/C9H9N5OS/c1-5-7(11-4-3-10-5)13-8(15)9-12-6(2)14-16-9/h3-4H,1-2H3,(H,11,13,15). The van der Waals surface area contributed by atoms with Crippen LogP contribution in [0.15, 0.2) is 12.4 Å². The number of aromatic nitrogens is 4. The van der Waals surface area contributed by atoms with E-state index in [1.807, 2.05) is 0 Å². The van der Waals surface area contributed by atoms with Crippen LogP contribution in [0.3, 0.4) is 0 Å². The smallest absolute Gasteiger partial charge is 0.287 e. The molecule has 0 aliphatic carbocycles. The van der Waals surface area contributed by atoms with Crippen molar-refractivity contribution >= 4 is 23.3 Å². The Hall–Kier alpha value is -1.89. The summed E-state index contributed by atoms with van der Waals surface area (Å²) < 4.78 is 3.94. The Kier molecular flexibility index (Phi) is 2.86. The van der Waals surface area contributed by atoms with E-state index in [2.05, 4.69) is 24.6 Å². The lowest BCUT2D eigenvalue weighted by molar-refractivity contribution is 0.102. The summed E-state index contributed by atoms with van der Waals surface area (Å²) in [6, 6.07) is 0. The molecule has 2 aromatic heterocycles. The molecule has 0 saturated heterocycles. The second kappa shape index (κ2) is 4.31. The number of amides is 1. The summed E-state index contributed by atoms with van der Waals surface area (Å²) in [5, 5.41) is 2.96. The van der Waals surface area contributed by atoms with Gasteiger partial charge in [0, 0.05) is 12.4 Å². The molecule has 7 heteroatoms. The molecule has 16 heavy (non-hydrogen) atoms. The minimum atomic E-state index is -0.311. The van der Waals surface area contributed by atoms with Crippen LogP contribution in [0, 0.1) is 13.8 Å². The van der Waals surface area contributed by atoms with Crippen LogP contribution in [0.25, 0.3) is 0 Å². The Morgan fingerprint density at radius 2 is 2.06 bits per heavy atom. The molecule has 2 heterocycles. The highest BCUT2D eigenvalue weighted by Gasteiger charge is 2.12. The fourth-order valence-electron chi connectivity index (χ4n) is 1.08. The fraction of sp³-hybridized carbons (Fsp3) is 0.222. The summed E-state index contributed by atoms with van der Waals surface area (Å²) in [4.78, 5) is 23.7. The monoisotopic (exact) mass is 235 g/mol. The van der Waals surface area contributed by atoms with Crippen molar-refractivity contribution in [1.29, 1.82) is 0 Å². The van der Waals surface area contributed by atoms with Crippen LogP contribution >= 0.6 is 11.5 Å². The van der Waals surface area contributed by atoms with Crippen molar-refractivity contribution in [3.05, 3.63) is 28.9 Å². The van der Waals surface area contributed by atoms with E-state index in [-0.39, 0.29) is 5.91 Å². The predicted octanol–water partition coefficient (Wildman–Crippen LogP) is 1.20. The zero-order valence-corrected chi connectivity index (χ0v) is 9.58. The molecule has 82 valence electrons. The van der Waals surface area contributed by atoms with Crippen LogP contribution in [-0.2, 0) is 0 Å². The Bertz CT molecular complexity index is 524. The zero-order chi connectivity index (χ0) is 11.5. The van der Waals surface area contributed by atoms with Crippen molar-refractivity contribution in [1.82, 2.24) is 19.3 Å². The maximum absolute atomic E-state index is 11.7. The molecule has 1 amide bonds. The fourth-order valence-corrected chi connectivity index (χ4v) is 1.65. The van der Waals surface area contributed by atoms with Crippen molar-refractivity contribution in [2.24, 2.45) is 0 Å². The maximum atomic E-state index is 11.7. The topological polar surface area (TPSA) is 80.7 Å². The number of carbonyl (C=O) groups excluding carboxylic acids is 1. The average molecular weight is 235 g/mol. The maximum Gasteiger partial charge on any atom is 0.287 e. The molecule has 6 nitrogen and oxygen atoms in total. The largest absolute Gasteiger partial charge is 0.303 e. The van der Waals surface area contributed by atoms with E-state index in [0.717, 1.165) is 11.5 Å². The Labute approximate surface area is 96.0 Å². The summed E-state index contributed by atoms with van der Waals surface area (Å²) in [7, 11) is 0. The summed E-state index contributed by atoms with van der Waals surface area (Å²) in [6.07, 6.45) is 3.09. The molecule has 0 aromatic carbocycles. The molecule has 0 aliphatic rings. The molecule has 0 fully saturated rings. The number of nitrogens with one attached hydrogen (secondary N) is 1. The zero-order valence-electron chi connectivity index (χ0n) is 8.76. The van der Waals surface area contributed by atoms with E-state index in [9.17, 15) is 4.79 Å². The molecule has 1 N–H and O–H groups in total. The van der Waals surface area contributed by atoms with Gasteiger partial charge >= 0.3 is 0 Å². The van der Waals surface area contributed by atoms with Crippen molar-refractivity contribution in [3.63, 3.8) is 0 Å². The molecule has 0 bridgehead atoms. The van der Waals surface area contributed by atoms with Gasteiger partial charge in [-0.25, -0.2) is 9.97 Å². The number of aryl methyl sites for hydroxylation is 2. The number of hydrogen-bond acceptors (Lipinski definition) is 6. The van der Waals surface area contributed by atoms with Crippen molar-refractivity contribution in [2.75, 3.05) is 5.32 Å². The minimum Gasteiger partial charge on any atom is -0.303 e. The molecule has 2 aromatic rings. The summed E-state index contributed by atoms with van der Waals surface area (Å²) >= 11 is 1.06.